The van der Waals surface area contributed by atoms with Crippen LogP contribution in [-0.2, 0) is 23.9 Å². The van der Waals surface area contributed by atoms with Crippen LogP contribution in [0.3, 0.4) is 0 Å². The maximum absolute atomic E-state index is 12.2. The van der Waals surface area contributed by atoms with E-state index in [1.54, 1.807) is 0 Å². The molecule has 2 rings (SSSR count). The summed E-state index contributed by atoms with van der Waals surface area (Å²) in [6.07, 6.45) is 2.07. The van der Waals surface area contributed by atoms with E-state index in [1.807, 2.05) is 36.4 Å². The molecule has 0 bridgehead atoms. The molecule has 0 aromatic heterocycles. The molecule has 0 spiro atoms. The van der Waals surface area contributed by atoms with E-state index in [-0.39, 0.29) is 18.6 Å². The topological polar surface area (TPSA) is 69.7 Å². The fraction of sp³-hybridized carbons (Fsp3) is 0.389. The number of ketones is 1. The third-order valence-electron chi connectivity index (χ3n) is 4.30. The number of rotatable bonds is 4. The van der Waals surface area contributed by atoms with Gasteiger partial charge in [0.1, 0.15) is 5.78 Å². The average molecular weight is 316 g/mol. The number of methoxy groups -OCH3 is 2. The molecular formula is C18H20O5. The molecular weight excluding hydrogens is 296 g/mol. The number of esters is 2. The van der Waals surface area contributed by atoms with Crippen LogP contribution >= 0.6 is 0 Å². The zero-order chi connectivity index (χ0) is 17.0. The molecule has 0 N–H and O–H groups in total. The lowest BCUT2D eigenvalue weighted by atomic mass is 9.84. The second kappa shape index (κ2) is 6.77. The van der Waals surface area contributed by atoms with Crippen LogP contribution in [0.1, 0.15) is 25.3 Å². The summed E-state index contributed by atoms with van der Waals surface area (Å²) in [7, 11) is 2.46. The van der Waals surface area contributed by atoms with E-state index in [0.29, 0.717) is 0 Å². The minimum atomic E-state index is -1.44. The molecule has 1 aliphatic rings. The Morgan fingerprint density at radius 2 is 1.65 bits per heavy atom. The van der Waals surface area contributed by atoms with Gasteiger partial charge in [0, 0.05) is 5.92 Å². The van der Waals surface area contributed by atoms with E-state index >= 15 is 0 Å². The SMILES string of the molecule is COC(=O)C1(C(=O)OC)C/C(=C/c2ccccc2)C(C(C)=O)C1. The predicted molar refractivity (Wildman–Crippen MR) is 84.3 cm³/mol. The van der Waals surface area contributed by atoms with Crippen LogP contribution in [0, 0.1) is 11.3 Å². The van der Waals surface area contributed by atoms with Crippen molar-refractivity contribution in [1.82, 2.24) is 0 Å². The molecule has 1 atom stereocenters. The zero-order valence-corrected chi connectivity index (χ0v) is 13.5. The second-order valence-corrected chi connectivity index (χ2v) is 5.74. The van der Waals surface area contributed by atoms with E-state index in [0.717, 1.165) is 11.1 Å². The molecule has 1 fully saturated rings. The quantitative estimate of drug-likeness (QED) is 0.630. The molecule has 0 radical (unpaired) electrons. The molecule has 1 aromatic rings. The van der Waals surface area contributed by atoms with Gasteiger partial charge in [-0.1, -0.05) is 42.0 Å². The number of allylic oxidation sites excluding steroid dienone is 1. The van der Waals surface area contributed by atoms with Crippen molar-refractivity contribution in [1.29, 1.82) is 0 Å². The van der Waals surface area contributed by atoms with E-state index in [9.17, 15) is 14.4 Å². The van der Waals surface area contributed by atoms with Gasteiger partial charge in [0.05, 0.1) is 14.2 Å². The first-order valence-electron chi connectivity index (χ1n) is 7.37. The van der Waals surface area contributed by atoms with Crippen molar-refractivity contribution in [3.05, 3.63) is 41.5 Å². The van der Waals surface area contributed by atoms with Crippen molar-refractivity contribution in [3.8, 4) is 0 Å². The maximum atomic E-state index is 12.2. The highest BCUT2D eigenvalue weighted by Gasteiger charge is 2.56. The molecule has 0 amide bonds. The van der Waals surface area contributed by atoms with Crippen LogP contribution < -0.4 is 0 Å². The van der Waals surface area contributed by atoms with Crippen molar-refractivity contribution >= 4 is 23.8 Å². The van der Waals surface area contributed by atoms with Gasteiger partial charge in [-0.3, -0.25) is 14.4 Å². The van der Waals surface area contributed by atoms with Crippen molar-refractivity contribution in [2.75, 3.05) is 14.2 Å². The minimum Gasteiger partial charge on any atom is -0.468 e. The van der Waals surface area contributed by atoms with E-state index < -0.39 is 23.3 Å². The Hall–Kier alpha value is -2.43. The number of Topliss-reactive ketones (excluding diaryl/α,β-unsaturated/α-hetero) is 1. The van der Waals surface area contributed by atoms with Gasteiger partial charge >= 0.3 is 11.9 Å². The monoisotopic (exact) mass is 316 g/mol. The van der Waals surface area contributed by atoms with Gasteiger partial charge < -0.3 is 9.47 Å². The molecule has 122 valence electrons. The number of benzene rings is 1. The molecule has 0 saturated heterocycles. The van der Waals surface area contributed by atoms with Gasteiger partial charge in [-0.05, 0) is 25.3 Å². The van der Waals surface area contributed by atoms with Crippen molar-refractivity contribution < 1.29 is 23.9 Å². The largest absolute Gasteiger partial charge is 0.468 e. The lowest BCUT2D eigenvalue weighted by Crippen LogP contribution is -2.39. The lowest BCUT2D eigenvalue weighted by Gasteiger charge is -2.22. The van der Waals surface area contributed by atoms with E-state index in [2.05, 4.69) is 0 Å². The molecule has 5 heteroatoms. The maximum Gasteiger partial charge on any atom is 0.323 e. The predicted octanol–water partition coefficient (Wildman–Crippen LogP) is 2.40. The summed E-state index contributed by atoms with van der Waals surface area (Å²) in [5.41, 5.74) is 0.222. The lowest BCUT2D eigenvalue weighted by molar-refractivity contribution is -0.168. The molecule has 1 unspecified atom stereocenters. The Kier molecular flexibility index (Phi) is 4.98. The number of hydrogen-bond donors (Lipinski definition) is 0. The fourth-order valence-electron chi connectivity index (χ4n) is 3.13. The van der Waals surface area contributed by atoms with Gasteiger partial charge in [0.25, 0.3) is 0 Å². The summed E-state index contributed by atoms with van der Waals surface area (Å²) < 4.78 is 9.62. The van der Waals surface area contributed by atoms with Gasteiger partial charge in [-0.25, -0.2) is 0 Å². The van der Waals surface area contributed by atoms with Crippen LogP contribution in [0.25, 0.3) is 6.08 Å². The number of carbonyl (C=O) groups excluding carboxylic acids is 3. The molecule has 5 nitrogen and oxygen atoms in total. The highest BCUT2D eigenvalue weighted by Crippen LogP contribution is 2.48. The first-order valence-corrected chi connectivity index (χ1v) is 7.37. The Labute approximate surface area is 135 Å². The van der Waals surface area contributed by atoms with Gasteiger partial charge in [-0.15, -0.1) is 0 Å². The molecule has 23 heavy (non-hydrogen) atoms. The average Bonchev–Trinajstić information content (AvgIpc) is 2.95. The molecule has 0 heterocycles. The Morgan fingerprint density at radius 3 is 2.13 bits per heavy atom. The first kappa shape index (κ1) is 16.9. The number of carbonyl (C=O) groups is 3. The summed E-state index contributed by atoms with van der Waals surface area (Å²) >= 11 is 0. The Bertz CT molecular complexity index is 629. The van der Waals surface area contributed by atoms with Crippen LogP contribution in [0.5, 0.6) is 0 Å². The summed E-state index contributed by atoms with van der Waals surface area (Å²) in [4.78, 5) is 36.5. The molecule has 0 aliphatic heterocycles. The highest BCUT2D eigenvalue weighted by atomic mass is 16.5. The second-order valence-electron chi connectivity index (χ2n) is 5.74. The summed E-state index contributed by atoms with van der Waals surface area (Å²) in [5.74, 6) is -1.89. The van der Waals surface area contributed by atoms with Crippen molar-refractivity contribution in [3.63, 3.8) is 0 Å². The number of ether oxygens (including phenoxy) is 2. The summed E-state index contributed by atoms with van der Waals surface area (Å²) in [6.45, 7) is 1.47. The standard InChI is InChI=1S/C18H20O5/c1-12(19)15-11-18(16(20)22-2,17(21)23-3)10-14(15)9-13-7-5-4-6-8-13/h4-9,15H,10-11H2,1-3H3/b14-9-. The third-order valence-corrected chi connectivity index (χ3v) is 4.30. The summed E-state index contributed by atoms with van der Waals surface area (Å²) in [5, 5.41) is 0. The zero-order valence-electron chi connectivity index (χ0n) is 13.5. The molecule has 1 aliphatic carbocycles. The van der Waals surface area contributed by atoms with E-state index in [4.69, 9.17) is 9.47 Å². The number of hydrogen-bond acceptors (Lipinski definition) is 5. The van der Waals surface area contributed by atoms with Gasteiger partial charge in [0.15, 0.2) is 5.41 Å². The normalized spacial score (nSPS) is 21.0. The van der Waals surface area contributed by atoms with Crippen LogP contribution in [0.4, 0.5) is 0 Å². The third kappa shape index (κ3) is 3.18. The Balaban J connectivity index is 2.47. The van der Waals surface area contributed by atoms with Gasteiger partial charge in [-0.2, -0.15) is 0 Å². The van der Waals surface area contributed by atoms with Crippen LogP contribution in [0.2, 0.25) is 0 Å². The van der Waals surface area contributed by atoms with Crippen LogP contribution in [-0.4, -0.2) is 31.9 Å². The summed E-state index contributed by atoms with van der Waals surface area (Å²) in [6, 6.07) is 9.48. The minimum absolute atomic E-state index is 0.0816. The fourth-order valence-corrected chi connectivity index (χ4v) is 3.13. The van der Waals surface area contributed by atoms with Crippen LogP contribution in [0.15, 0.2) is 35.9 Å². The first-order chi connectivity index (χ1) is 10.9. The van der Waals surface area contributed by atoms with Gasteiger partial charge in [0.2, 0.25) is 0 Å². The Morgan fingerprint density at radius 1 is 1.09 bits per heavy atom. The molecule has 1 aromatic carbocycles. The van der Waals surface area contributed by atoms with E-state index in [1.165, 1.54) is 21.1 Å². The van der Waals surface area contributed by atoms with Crippen molar-refractivity contribution in [2.24, 2.45) is 11.3 Å². The highest BCUT2D eigenvalue weighted by molar-refractivity contribution is 6.03. The molecule has 1 saturated carbocycles. The smallest absolute Gasteiger partial charge is 0.323 e. The van der Waals surface area contributed by atoms with Crippen molar-refractivity contribution in [2.45, 2.75) is 19.8 Å².